The van der Waals surface area contributed by atoms with E-state index in [-0.39, 0.29) is 0 Å². The van der Waals surface area contributed by atoms with E-state index in [0.717, 1.165) is 25.7 Å². The first-order chi connectivity index (χ1) is 9.62. The molecule has 0 aromatic carbocycles. The average Bonchev–Trinajstić information content (AvgIpc) is 2.73. The smallest absolute Gasteiger partial charge is 0.281 e. The monoisotopic (exact) mass is 304 g/mol. The summed E-state index contributed by atoms with van der Waals surface area (Å²) in [5.74, 6) is -0.509. The maximum absolute atomic E-state index is 12.7. The highest BCUT2D eigenvalue weighted by Crippen LogP contribution is 2.32. The summed E-state index contributed by atoms with van der Waals surface area (Å²) in [6.45, 7) is 3.57. The first-order valence-electron chi connectivity index (χ1n) is 7.66. The number of piperidine rings is 1. The second-order valence-corrected chi connectivity index (χ2v) is 7.76. The van der Waals surface area contributed by atoms with Crippen LogP contribution in [-0.4, -0.2) is 62.2 Å². The fraction of sp³-hybridized carbons (Fsp3) is 1.00. The molecule has 116 valence electrons. The summed E-state index contributed by atoms with van der Waals surface area (Å²) in [6, 6.07) is 0. The van der Waals surface area contributed by atoms with E-state index in [1.807, 2.05) is 0 Å². The Kier molecular flexibility index (Phi) is 4.33. The zero-order valence-corrected chi connectivity index (χ0v) is 12.7. The van der Waals surface area contributed by atoms with Gasteiger partial charge in [0, 0.05) is 39.0 Å². The van der Waals surface area contributed by atoms with Gasteiger partial charge in [-0.15, -0.1) is 0 Å². The Hall–Kier alpha value is -0.210. The molecule has 0 aliphatic carbocycles. The molecule has 1 spiro atoms. The van der Waals surface area contributed by atoms with Crippen molar-refractivity contribution < 1.29 is 17.9 Å². The van der Waals surface area contributed by atoms with Crippen LogP contribution in [0.4, 0.5) is 0 Å². The number of ether oxygens (including phenoxy) is 2. The minimum Gasteiger partial charge on any atom is -0.347 e. The van der Waals surface area contributed by atoms with E-state index in [1.54, 1.807) is 8.61 Å². The summed E-state index contributed by atoms with van der Waals surface area (Å²) in [5, 5.41) is 0. The van der Waals surface area contributed by atoms with Gasteiger partial charge in [0.05, 0.1) is 13.2 Å². The predicted molar refractivity (Wildman–Crippen MR) is 74.4 cm³/mol. The fourth-order valence-corrected chi connectivity index (χ4v) is 4.97. The first kappa shape index (κ1) is 14.7. The van der Waals surface area contributed by atoms with Crippen molar-refractivity contribution in [3.63, 3.8) is 0 Å². The molecule has 6 nitrogen and oxygen atoms in total. The Balaban J connectivity index is 1.63. The quantitative estimate of drug-likeness (QED) is 0.762. The number of rotatable bonds is 2. The molecule has 3 rings (SSSR count). The van der Waals surface area contributed by atoms with Gasteiger partial charge >= 0.3 is 0 Å². The third-order valence-corrected chi connectivity index (χ3v) is 6.55. The molecular weight excluding hydrogens is 280 g/mol. The number of hydrogen-bond acceptors (Lipinski definition) is 4. The van der Waals surface area contributed by atoms with E-state index in [9.17, 15) is 8.42 Å². The van der Waals surface area contributed by atoms with Crippen LogP contribution in [-0.2, 0) is 19.7 Å². The summed E-state index contributed by atoms with van der Waals surface area (Å²) in [7, 11) is -3.30. The molecule has 0 bridgehead atoms. The average molecular weight is 304 g/mol. The maximum Gasteiger partial charge on any atom is 0.281 e. The van der Waals surface area contributed by atoms with Crippen LogP contribution in [0.2, 0.25) is 0 Å². The molecule has 3 saturated heterocycles. The number of hydrogen-bond donors (Lipinski definition) is 0. The van der Waals surface area contributed by atoms with Crippen molar-refractivity contribution >= 4 is 10.2 Å². The summed E-state index contributed by atoms with van der Waals surface area (Å²) >= 11 is 0. The largest absolute Gasteiger partial charge is 0.347 e. The highest BCUT2D eigenvalue weighted by atomic mass is 32.2. The zero-order chi connectivity index (χ0) is 14.1. The zero-order valence-electron chi connectivity index (χ0n) is 11.9. The van der Waals surface area contributed by atoms with Crippen LogP contribution in [0.3, 0.4) is 0 Å². The van der Waals surface area contributed by atoms with Crippen molar-refractivity contribution in [2.45, 2.75) is 44.3 Å². The molecule has 0 aromatic rings. The fourth-order valence-electron chi connectivity index (χ4n) is 3.28. The Bertz CT molecular complexity index is 416. The molecular formula is C13H24N2O4S. The molecule has 0 amide bonds. The van der Waals surface area contributed by atoms with Gasteiger partial charge in [0.15, 0.2) is 5.79 Å². The van der Waals surface area contributed by atoms with Gasteiger partial charge in [-0.1, -0.05) is 12.8 Å². The summed E-state index contributed by atoms with van der Waals surface area (Å²) < 4.78 is 39.9. The third-order valence-electron chi connectivity index (χ3n) is 4.52. The minimum atomic E-state index is -3.30. The second kappa shape index (κ2) is 5.88. The summed E-state index contributed by atoms with van der Waals surface area (Å²) in [6.07, 6.45) is 5.50. The lowest BCUT2D eigenvalue weighted by Gasteiger charge is -2.38. The number of nitrogens with zero attached hydrogens (tertiary/aromatic N) is 2. The van der Waals surface area contributed by atoms with Crippen LogP contribution in [0.5, 0.6) is 0 Å². The SMILES string of the molecule is O=S(=O)(N1CCCCCC1)N1CCC2(CC1)OCCO2. The predicted octanol–water partition coefficient (Wildman–Crippen LogP) is 0.946. The van der Waals surface area contributed by atoms with Crippen LogP contribution < -0.4 is 0 Å². The molecule has 7 heteroatoms. The van der Waals surface area contributed by atoms with Gasteiger partial charge in [-0.2, -0.15) is 17.0 Å². The first-order valence-corrected chi connectivity index (χ1v) is 9.05. The maximum atomic E-state index is 12.7. The standard InChI is InChI=1S/C13H24N2O4S/c16-20(17,14-7-3-1-2-4-8-14)15-9-5-13(6-10-15)18-11-12-19-13/h1-12H2. The van der Waals surface area contributed by atoms with Gasteiger partial charge in [-0.3, -0.25) is 0 Å². The molecule has 0 unspecified atom stereocenters. The molecule has 0 saturated carbocycles. The van der Waals surface area contributed by atoms with Crippen molar-refractivity contribution in [1.29, 1.82) is 0 Å². The molecule has 0 N–H and O–H groups in total. The van der Waals surface area contributed by atoms with E-state index >= 15 is 0 Å². The Morgan fingerprint density at radius 3 is 1.80 bits per heavy atom. The van der Waals surface area contributed by atoms with Crippen molar-refractivity contribution in [1.82, 2.24) is 8.61 Å². The third kappa shape index (κ3) is 2.87. The molecule has 3 heterocycles. The van der Waals surface area contributed by atoms with Crippen molar-refractivity contribution in [2.24, 2.45) is 0 Å². The van der Waals surface area contributed by atoms with Crippen LogP contribution in [0.15, 0.2) is 0 Å². The van der Waals surface area contributed by atoms with Crippen LogP contribution in [0.25, 0.3) is 0 Å². The van der Waals surface area contributed by atoms with E-state index in [0.29, 0.717) is 52.2 Å². The van der Waals surface area contributed by atoms with Gasteiger partial charge in [0.1, 0.15) is 0 Å². The van der Waals surface area contributed by atoms with E-state index in [2.05, 4.69) is 0 Å². The van der Waals surface area contributed by atoms with Crippen LogP contribution >= 0.6 is 0 Å². The molecule has 0 aromatic heterocycles. The lowest BCUT2D eigenvalue weighted by atomic mass is 10.1. The van der Waals surface area contributed by atoms with Gasteiger partial charge in [-0.05, 0) is 12.8 Å². The van der Waals surface area contributed by atoms with Gasteiger partial charge < -0.3 is 9.47 Å². The Morgan fingerprint density at radius 1 is 0.750 bits per heavy atom. The van der Waals surface area contributed by atoms with Crippen LogP contribution in [0.1, 0.15) is 38.5 Å². The van der Waals surface area contributed by atoms with Gasteiger partial charge in [0.25, 0.3) is 10.2 Å². The van der Waals surface area contributed by atoms with E-state index in [4.69, 9.17) is 9.47 Å². The Morgan fingerprint density at radius 2 is 1.25 bits per heavy atom. The van der Waals surface area contributed by atoms with Gasteiger partial charge in [-0.25, -0.2) is 0 Å². The molecule has 0 atom stereocenters. The lowest BCUT2D eigenvalue weighted by Crippen LogP contribution is -2.51. The van der Waals surface area contributed by atoms with E-state index in [1.165, 1.54) is 0 Å². The summed E-state index contributed by atoms with van der Waals surface area (Å²) in [4.78, 5) is 0. The molecule has 3 aliphatic rings. The summed E-state index contributed by atoms with van der Waals surface area (Å²) in [5.41, 5.74) is 0. The topological polar surface area (TPSA) is 59.1 Å². The second-order valence-electron chi connectivity index (χ2n) is 5.83. The molecule has 3 fully saturated rings. The van der Waals surface area contributed by atoms with Crippen molar-refractivity contribution in [2.75, 3.05) is 39.4 Å². The molecule has 0 radical (unpaired) electrons. The normalized spacial score (nSPS) is 29.6. The van der Waals surface area contributed by atoms with Crippen molar-refractivity contribution in [3.05, 3.63) is 0 Å². The molecule has 20 heavy (non-hydrogen) atoms. The van der Waals surface area contributed by atoms with Crippen LogP contribution in [0, 0.1) is 0 Å². The molecule has 3 aliphatic heterocycles. The highest BCUT2D eigenvalue weighted by Gasteiger charge is 2.43. The Labute approximate surface area is 121 Å². The minimum absolute atomic E-state index is 0.499. The van der Waals surface area contributed by atoms with Crippen molar-refractivity contribution in [3.8, 4) is 0 Å². The highest BCUT2D eigenvalue weighted by molar-refractivity contribution is 7.86. The lowest BCUT2D eigenvalue weighted by molar-refractivity contribution is -0.179. The van der Waals surface area contributed by atoms with Gasteiger partial charge in [0.2, 0.25) is 0 Å². The van der Waals surface area contributed by atoms with E-state index < -0.39 is 16.0 Å².